The Morgan fingerprint density at radius 3 is 2.40 bits per heavy atom. The van der Waals surface area contributed by atoms with Gasteiger partial charge in [-0.3, -0.25) is 9.89 Å². The number of H-pyrrole nitrogens is 1. The van der Waals surface area contributed by atoms with Gasteiger partial charge in [0.15, 0.2) is 5.69 Å². The molecule has 2 aromatic rings. The van der Waals surface area contributed by atoms with Gasteiger partial charge in [-0.05, 0) is 35.0 Å². The number of anilines is 1. The van der Waals surface area contributed by atoms with Crippen LogP contribution in [0.3, 0.4) is 0 Å². The van der Waals surface area contributed by atoms with Gasteiger partial charge in [-0.25, -0.2) is 4.98 Å². The van der Waals surface area contributed by atoms with E-state index >= 15 is 0 Å². The maximum Gasteiger partial charge on any atom is 0.417 e. The maximum absolute atomic E-state index is 12.6. The van der Waals surface area contributed by atoms with Gasteiger partial charge in [-0.15, -0.1) is 0 Å². The number of piperazine rings is 1. The fourth-order valence-electron chi connectivity index (χ4n) is 2.59. The molecule has 10 heteroatoms. The van der Waals surface area contributed by atoms with Gasteiger partial charge in [0.25, 0.3) is 5.91 Å². The summed E-state index contributed by atoms with van der Waals surface area (Å²) in [4.78, 5) is 19.9. The van der Waals surface area contributed by atoms with Crippen LogP contribution < -0.4 is 4.90 Å². The highest BCUT2D eigenvalue weighted by atomic mass is 79.9. The van der Waals surface area contributed by atoms with E-state index in [2.05, 4.69) is 31.1 Å². The van der Waals surface area contributed by atoms with Crippen molar-refractivity contribution in [2.75, 3.05) is 31.1 Å². The zero-order valence-corrected chi connectivity index (χ0v) is 14.9. The van der Waals surface area contributed by atoms with E-state index in [0.29, 0.717) is 42.2 Å². The van der Waals surface area contributed by atoms with Crippen LogP contribution in [0.5, 0.6) is 0 Å². The van der Waals surface area contributed by atoms with E-state index in [1.165, 1.54) is 6.07 Å². The van der Waals surface area contributed by atoms with E-state index < -0.39 is 11.7 Å². The largest absolute Gasteiger partial charge is 0.417 e. The number of carbonyl (C=O) groups is 1. The fourth-order valence-corrected chi connectivity index (χ4v) is 2.93. The molecule has 0 aromatic carbocycles. The molecule has 134 valence electrons. The zero-order valence-electron chi connectivity index (χ0n) is 13.3. The normalized spacial score (nSPS) is 15.6. The molecule has 0 aliphatic carbocycles. The van der Waals surface area contributed by atoms with Gasteiger partial charge < -0.3 is 9.80 Å². The van der Waals surface area contributed by atoms with E-state index in [4.69, 9.17) is 0 Å². The fraction of sp³-hybridized carbons (Fsp3) is 0.400. The minimum Gasteiger partial charge on any atom is -0.353 e. The Hall–Kier alpha value is -2.10. The third kappa shape index (κ3) is 3.63. The second-order valence-electron chi connectivity index (χ2n) is 5.69. The molecule has 1 aliphatic rings. The minimum atomic E-state index is -4.40. The first-order valence-corrected chi connectivity index (χ1v) is 8.34. The number of aryl methyl sites for hydroxylation is 1. The molecule has 0 atom stereocenters. The summed E-state index contributed by atoms with van der Waals surface area (Å²) in [5.41, 5.74) is 0.332. The van der Waals surface area contributed by atoms with Crippen LogP contribution in [0.4, 0.5) is 19.0 Å². The lowest BCUT2D eigenvalue weighted by Crippen LogP contribution is -2.49. The zero-order chi connectivity index (χ0) is 18.2. The smallest absolute Gasteiger partial charge is 0.353 e. The molecule has 1 saturated heterocycles. The van der Waals surface area contributed by atoms with Crippen molar-refractivity contribution in [3.63, 3.8) is 0 Å². The number of alkyl halides is 3. The number of aromatic nitrogens is 3. The Morgan fingerprint density at radius 1 is 1.24 bits per heavy atom. The molecule has 1 aliphatic heterocycles. The lowest BCUT2D eigenvalue weighted by atomic mass is 10.2. The average Bonchev–Trinajstić information content (AvgIpc) is 2.93. The SMILES string of the molecule is Cc1[nH]nc(C(=O)N2CCN(c3ccc(C(F)(F)F)cn3)CC2)c1Br. The molecule has 3 rings (SSSR count). The molecule has 0 radical (unpaired) electrons. The van der Waals surface area contributed by atoms with E-state index in [0.717, 1.165) is 18.0 Å². The summed E-state index contributed by atoms with van der Waals surface area (Å²) in [5.74, 6) is 0.285. The van der Waals surface area contributed by atoms with Crippen LogP contribution in [0.2, 0.25) is 0 Å². The number of nitrogens with one attached hydrogen (secondary N) is 1. The predicted octanol–water partition coefficient (Wildman–Crippen LogP) is 2.86. The van der Waals surface area contributed by atoms with Gasteiger partial charge in [0.2, 0.25) is 0 Å². The van der Waals surface area contributed by atoms with Crippen molar-refractivity contribution in [2.45, 2.75) is 13.1 Å². The summed E-state index contributed by atoms with van der Waals surface area (Å²) in [7, 11) is 0. The number of hydrogen-bond acceptors (Lipinski definition) is 4. The van der Waals surface area contributed by atoms with Crippen molar-refractivity contribution >= 4 is 27.7 Å². The van der Waals surface area contributed by atoms with Crippen LogP contribution in [-0.2, 0) is 6.18 Å². The number of aromatic amines is 1. The Kier molecular flexibility index (Phi) is 4.72. The first kappa shape index (κ1) is 17.7. The molecule has 1 fully saturated rings. The maximum atomic E-state index is 12.6. The number of amides is 1. The molecule has 3 heterocycles. The van der Waals surface area contributed by atoms with Gasteiger partial charge in [-0.2, -0.15) is 18.3 Å². The highest BCUT2D eigenvalue weighted by Gasteiger charge is 2.31. The van der Waals surface area contributed by atoms with Crippen molar-refractivity contribution in [3.8, 4) is 0 Å². The summed E-state index contributed by atoms with van der Waals surface area (Å²) < 4.78 is 38.4. The number of rotatable bonds is 2. The van der Waals surface area contributed by atoms with Gasteiger partial charge in [-0.1, -0.05) is 0 Å². The first-order valence-electron chi connectivity index (χ1n) is 7.55. The summed E-state index contributed by atoms with van der Waals surface area (Å²) in [5, 5.41) is 6.76. The lowest BCUT2D eigenvalue weighted by molar-refractivity contribution is -0.137. The molecule has 6 nitrogen and oxygen atoms in total. The van der Waals surface area contributed by atoms with Crippen molar-refractivity contribution in [1.82, 2.24) is 20.1 Å². The molecule has 0 unspecified atom stereocenters. The Morgan fingerprint density at radius 2 is 1.92 bits per heavy atom. The number of hydrogen-bond donors (Lipinski definition) is 1. The Balaban J connectivity index is 1.64. The van der Waals surface area contributed by atoms with Gasteiger partial charge in [0.1, 0.15) is 5.82 Å². The molecule has 25 heavy (non-hydrogen) atoms. The number of carbonyl (C=O) groups excluding carboxylic acids is 1. The van der Waals surface area contributed by atoms with Crippen molar-refractivity contribution in [1.29, 1.82) is 0 Å². The van der Waals surface area contributed by atoms with Crippen LogP contribution in [0.1, 0.15) is 21.7 Å². The number of halogens is 4. The second-order valence-corrected chi connectivity index (χ2v) is 6.49. The molecule has 1 amide bonds. The topological polar surface area (TPSA) is 65.1 Å². The molecule has 1 N–H and O–H groups in total. The molecule has 0 saturated carbocycles. The van der Waals surface area contributed by atoms with Crippen LogP contribution in [0.15, 0.2) is 22.8 Å². The van der Waals surface area contributed by atoms with E-state index in [1.807, 2.05) is 11.8 Å². The van der Waals surface area contributed by atoms with E-state index in [1.54, 1.807) is 4.90 Å². The molecule has 0 spiro atoms. The van der Waals surface area contributed by atoms with Crippen molar-refractivity contribution in [2.24, 2.45) is 0 Å². The van der Waals surface area contributed by atoms with Gasteiger partial charge in [0, 0.05) is 38.1 Å². The lowest BCUT2D eigenvalue weighted by Gasteiger charge is -2.35. The van der Waals surface area contributed by atoms with Crippen LogP contribution in [-0.4, -0.2) is 52.2 Å². The van der Waals surface area contributed by atoms with Gasteiger partial charge in [0.05, 0.1) is 10.0 Å². The molecular weight excluding hydrogens is 403 g/mol. The summed E-state index contributed by atoms with van der Waals surface area (Å²) in [6, 6.07) is 2.37. The standard InChI is InChI=1S/C15H15BrF3N5O/c1-9-12(16)13(22-21-9)14(25)24-6-4-23(5-7-24)11-3-2-10(8-20-11)15(17,18)19/h2-3,8H,4-7H2,1H3,(H,21,22). The molecular formula is C15H15BrF3N5O. The second kappa shape index (κ2) is 6.66. The molecule has 0 bridgehead atoms. The molecule has 2 aromatic heterocycles. The Labute approximate surface area is 150 Å². The van der Waals surface area contributed by atoms with Crippen molar-refractivity contribution in [3.05, 3.63) is 39.8 Å². The third-order valence-corrected chi connectivity index (χ3v) is 5.01. The van der Waals surface area contributed by atoms with E-state index in [9.17, 15) is 18.0 Å². The minimum absolute atomic E-state index is 0.184. The monoisotopic (exact) mass is 417 g/mol. The highest BCUT2D eigenvalue weighted by Crippen LogP contribution is 2.29. The number of nitrogens with zero attached hydrogens (tertiary/aromatic N) is 4. The predicted molar refractivity (Wildman–Crippen MR) is 88.4 cm³/mol. The van der Waals surface area contributed by atoms with Crippen LogP contribution in [0, 0.1) is 6.92 Å². The summed E-state index contributed by atoms with van der Waals surface area (Å²) in [6.07, 6.45) is -3.57. The Bertz CT molecular complexity index is 766. The summed E-state index contributed by atoms with van der Waals surface area (Å²) >= 11 is 3.34. The van der Waals surface area contributed by atoms with E-state index in [-0.39, 0.29) is 5.91 Å². The van der Waals surface area contributed by atoms with Crippen LogP contribution >= 0.6 is 15.9 Å². The number of pyridine rings is 1. The average molecular weight is 418 g/mol. The first-order chi connectivity index (χ1) is 11.8. The van der Waals surface area contributed by atoms with Crippen molar-refractivity contribution < 1.29 is 18.0 Å². The van der Waals surface area contributed by atoms with Gasteiger partial charge >= 0.3 is 6.18 Å². The third-order valence-electron chi connectivity index (χ3n) is 4.04. The summed E-state index contributed by atoms with van der Waals surface area (Å²) in [6.45, 7) is 3.68. The highest BCUT2D eigenvalue weighted by molar-refractivity contribution is 9.10. The quantitative estimate of drug-likeness (QED) is 0.815. The van der Waals surface area contributed by atoms with Crippen LogP contribution in [0.25, 0.3) is 0 Å².